The number of nitrogens with two attached hydrogens (primary N) is 1. The average Bonchev–Trinajstić information content (AvgIpc) is 2.81. The zero-order chi connectivity index (χ0) is 12.4. The van der Waals surface area contributed by atoms with Crippen molar-refractivity contribution in [3.8, 4) is 11.4 Å². The minimum absolute atomic E-state index is 0.157. The standard InChI is InChI=1S/C11H12FN3O2/c1-6-4-7(2-3-8(6)12)10-14-11(17-15-10)9(13)5-16/h2-4,9,16H,5,13H2,1H3. The van der Waals surface area contributed by atoms with Crippen molar-refractivity contribution in [3.05, 3.63) is 35.5 Å². The third-order valence-electron chi connectivity index (χ3n) is 2.37. The molecule has 1 aromatic carbocycles. The highest BCUT2D eigenvalue weighted by Crippen LogP contribution is 2.20. The molecule has 0 saturated carbocycles. The number of rotatable bonds is 3. The summed E-state index contributed by atoms with van der Waals surface area (Å²) in [4.78, 5) is 4.04. The molecule has 0 amide bonds. The van der Waals surface area contributed by atoms with Gasteiger partial charge in [-0.3, -0.25) is 0 Å². The molecule has 5 nitrogen and oxygen atoms in total. The monoisotopic (exact) mass is 237 g/mol. The van der Waals surface area contributed by atoms with Crippen LogP contribution >= 0.6 is 0 Å². The summed E-state index contributed by atoms with van der Waals surface area (Å²) < 4.78 is 18.0. The normalized spacial score (nSPS) is 12.7. The van der Waals surface area contributed by atoms with E-state index in [1.165, 1.54) is 6.07 Å². The van der Waals surface area contributed by atoms with Crippen molar-refractivity contribution in [2.24, 2.45) is 5.73 Å². The van der Waals surface area contributed by atoms with Crippen LogP contribution in [-0.2, 0) is 0 Å². The second kappa shape index (κ2) is 4.60. The SMILES string of the molecule is Cc1cc(-c2noc(C(N)CO)n2)ccc1F. The molecule has 6 heteroatoms. The number of aliphatic hydroxyl groups is 1. The van der Waals surface area contributed by atoms with Gasteiger partial charge in [0.1, 0.15) is 11.9 Å². The molecular formula is C11H12FN3O2. The van der Waals surface area contributed by atoms with E-state index in [0.717, 1.165) is 0 Å². The maximum atomic E-state index is 13.1. The molecule has 0 aliphatic carbocycles. The minimum atomic E-state index is -0.696. The van der Waals surface area contributed by atoms with E-state index in [0.29, 0.717) is 17.0 Å². The van der Waals surface area contributed by atoms with E-state index < -0.39 is 6.04 Å². The van der Waals surface area contributed by atoms with Crippen molar-refractivity contribution in [2.75, 3.05) is 6.61 Å². The smallest absolute Gasteiger partial charge is 0.246 e. The van der Waals surface area contributed by atoms with Gasteiger partial charge in [-0.2, -0.15) is 4.98 Å². The first-order valence-electron chi connectivity index (χ1n) is 5.08. The van der Waals surface area contributed by atoms with Gasteiger partial charge in [-0.1, -0.05) is 5.16 Å². The molecule has 1 unspecified atom stereocenters. The molecule has 1 heterocycles. The Bertz CT molecular complexity index is 527. The third kappa shape index (κ3) is 2.32. The quantitative estimate of drug-likeness (QED) is 0.837. The van der Waals surface area contributed by atoms with Crippen LogP contribution in [0.1, 0.15) is 17.5 Å². The van der Waals surface area contributed by atoms with E-state index in [1.807, 2.05) is 0 Å². The van der Waals surface area contributed by atoms with E-state index >= 15 is 0 Å². The molecule has 1 aromatic heterocycles. The average molecular weight is 237 g/mol. The van der Waals surface area contributed by atoms with Crippen LogP contribution in [0.5, 0.6) is 0 Å². The first-order chi connectivity index (χ1) is 8.11. The van der Waals surface area contributed by atoms with Crippen molar-refractivity contribution in [1.82, 2.24) is 10.1 Å². The molecule has 0 aliphatic rings. The van der Waals surface area contributed by atoms with Gasteiger partial charge in [0.05, 0.1) is 6.61 Å². The molecule has 0 bridgehead atoms. The van der Waals surface area contributed by atoms with Crippen LogP contribution in [0.15, 0.2) is 22.7 Å². The summed E-state index contributed by atoms with van der Waals surface area (Å²) in [6, 6.07) is 3.82. The Morgan fingerprint density at radius 3 is 2.94 bits per heavy atom. The minimum Gasteiger partial charge on any atom is -0.394 e. The lowest BCUT2D eigenvalue weighted by Gasteiger charge is -1.99. The van der Waals surface area contributed by atoms with Crippen LogP contribution in [0.4, 0.5) is 4.39 Å². The Morgan fingerprint density at radius 2 is 2.29 bits per heavy atom. The third-order valence-corrected chi connectivity index (χ3v) is 2.37. The van der Waals surface area contributed by atoms with Crippen LogP contribution in [0.25, 0.3) is 11.4 Å². The zero-order valence-electron chi connectivity index (χ0n) is 9.22. The number of hydrogen-bond donors (Lipinski definition) is 2. The summed E-state index contributed by atoms with van der Waals surface area (Å²) in [6.45, 7) is 1.38. The van der Waals surface area contributed by atoms with E-state index in [1.54, 1.807) is 19.1 Å². The van der Waals surface area contributed by atoms with E-state index in [2.05, 4.69) is 10.1 Å². The number of aryl methyl sites for hydroxylation is 1. The summed E-state index contributed by atoms with van der Waals surface area (Å²) >= 11 is 0. The van der Waals surface area contributed by atoms with Crippen molar-refractivity contribution in [2.45, 2.75) is 13.0 Å². The Morgan fingerprint density at radius 1 is 1.53 bits per heavy atom. The molecule has 0 spiro atoms. The van der Waals surface area contributed by atoms with Gasteiger partial charge in [0, 0.05) is 5.56 Å². The predicted molar refractivity (Wildman–Crippen MR) is 58.4 cm³/mol. The van der Waals surface area contributed by atoms with Gasteiger partial charge in [0.2, 0.25) is 11.7 Å². The summed E-state index contributed by atoms with van der Waals surface area (Å²) in [5, 5.41) is 12.6. The number of nitrogens with zero attached hydrogens (tertiary/aromatic N) is 2. The van der Waals surface area contributed by atoms with Gasteiger partial charge in [-0.15, -0.1) is 0 Å². The fraction of sp³-hybridized carbons (Fsp3) is 0.273. The topological polar surface area (TPSA) is 85.2 Å². The fourth-order valence-electron chi connectivity index (χ4n) is 1.36. The maximum Gasteiger partial charge on any atom is 0.246 e. The Hall–Kier alpha value is -1.79. The predicted octanol–water partition coefficient (Wildman–Crippen LogP) is 1.18. The molecule has 3 N–H and O–H groups in total. The fourth-order valence-corrected chi connectivity index (χ4v) is 1.36. The maximum absolute atomic E-state index is 13.1. The van der Waals surface area contributed by atoms with Gasteiger partial charge in [0.15, 0.2) is 0 Å². The van der Waals surface area contributed by atoms with E-state index in [9.17, 15) is 4.39 Å². The Balaban J connectivity index is 2.33. The summed E-state index contributed by atoms with van der Waals surface area (Å²) in [5.74, 6) is 0.195. The highest BCUT2D eigenvalue weighted by Gasteiger charge is 2.15. The Labute approximate surface area is 97.1 Å². The van der Waals surface area contributed by atoms with Crippen LogP contribution in [0.2, 0.25) is 0 Å². The van der Waals surface area contributed by atoms with Crippen molar-refractivity contribution in [1.29, 1.82) is 0 Å². The highest BCUT2D eigenvalue weighted by molar-refractivity contribution is 5.55. The molecule has 2 rings (SSSR count). The van der Waals surface area contributed by atoms with Crippen molar-refractivity contribution in [3.63, 3.8) is 0 Å². The molecule has 0 aliphatic heterocycles. The van der Waals surface area contributed by atoms with Crippen LogP contribution in [0, 0.1) is 12.7 Å². The van der Waals surface area contributed by atoms with E-state index in [4.69, 9.17) is 15.4 Å². The van der Waals surface area contributed by atoms with E-state index in [-0.39, 0.29) is 18.3 Å². The number of hydrogen-bond acceptors (Lipinski definition) is 5. The number of halogens is 1. The van der Waals surface area contributed by atoms with Gasteiger partial charge in [0.25, 0.3) is 0 Å². The van der Waals surface area contributed by atoms with Gasteiger partial charge < -0.3 is 15.4 Å². The summed E-state index contributed by atoms with van der Waals surface area (Å²) in [7, 11) is 0. The zero-order valence-corrected chi connectivity index (χ0v) is 9.22. The molecule has 0 saturated heterocycles. The van der Waals surface area contributed by atoms with Crippen LogP contribution < -0.4 is 5.73 Å². The lowest BCUT2D eigenvalue weighted by atomic mass is 10.1. The number of aliphatic hydroxyl groups excluding tert-OH is 1. The van der Waals surface area contributed by atoms with Crippen LogP contribution in [-0.4, -0.2) is 21.9 Å². The Kier molecular flexibility index (Phi) is 3.16. The van der Waals surface area contributed by atoms with Crippen molar-refractivity contribution < 1.29 is 14.0 Å². The summed E-state index contributed by atoms with van der Waals surface area (Å²) in [6.07, 6.45) is 0. The number of aromatic nitrogens is 2. The largest absolute Gasteiger partial charge is 0.394 e. The molecule has 90 valence electrons. The second-order valence-corrected chi connectivity index (χ2v) is 3.71. The molecule has 2 aromatic rings. The van der Waals surface area contributed by atoms with Gasteiger partial charge in [-0.05, 0) is 30.7 Å². The van der Waals surface area contributed by atoms with Crippen LogP contribution in [0.3, 0.4) is 0 Å². The number of benzene rings is 1. The molecular weight excluding hydrogens is 225 g/mol. The molecule has 0 fully saturated rings. The van der Waals surface area contributed by atoms with Gasteiger partial charge in [-0.25, -0.2) is 4.39 Å². The molecule has 17 heavy (non-hydrogen) atoms. The van der Waals surface area contributed by atoms with Crippen molar-refractivity contribution >= 4 is 0 Å². The summed E-state index contributed by atoms with van der Waals surface area (Å²) in [5.41, 5.74) is 6.68. The molecule has 0 radical (unpaired) electrons. The highest BCUT2D eigenvalue weighted by atomic mass is 19.1. The lowest BCUT2D eigenvalue weighted by molar-refractivity contribution is 0.237. The van der Waals surface area contributed by atoms with Gasteiger partial charge >= 0.3 is 0 Å². The first kappa shape index (κ1) is 11.7. The lowest BCUT2D eigenvalue weighted by Crippen LogP contribution is -2.14. The second-order valence-electron chi connectivity index (χ2n) is 3.71. The first-order valence-corrected chi connectivity index (χ1v) is 5.08. The molecule has 1 atom stereocenters.